The van der Waals surface area contributed by atoms with Crippen molar-refractivity contribution in [2.75, 3.05) is 0 Å². The lowest BCUT2D eigenvalue weighted by molar-refractivity contribution is 0.680. The van der Waals surface area contributed by atoms with Crippen LogP contribution in [0.3, 0.4) is 0 Å². The van der Waals surface area contributed by atoms with Crippen molar-refractivity contribution in [2.45, 2.75) is 35.3 Å². The molecule has 19 heavy (non-hydrogen) atoms. The van der Waals surface area contributed by atoms with E-state index in [0.29, 0.717) is 6.04 Å². The van der Waals surface area contributed by atoms with E-state index in [4.69, 9.17) is 11.6 Å². The molecule has 1 heterocycles. The molecule has 1 aromatic heterocycles. The molecular weight excluding hydrogens is 276 g/mol. The van der Waals surface area contributed by atoms with Gasteiger partial charge in [0.2, 0.25) is 0 Å². The number of halogens is 1. The number of benzene rings is 1. The molecule has 98 valence electrons. The number of hydrogen-bond donors (Lipinski definition) is 1. The van der Waals surface area contributed by atoms with Crippen molar-refractivity contribution in [3.05, 3.63) is 53.2 Å². The molecule has 3 rings (SSSR count). The van der Waals surface area contributed by atoms with Gasteiger partial charge in [-0.15, -0.1) is 0 Å². The average Bonchev–Trinajstić information content (AvgIpc) is 3.23. The maximum absolute atomic E-state index is 6.33. The molecule has 1 saturated carbocycles. The first-order valence-electron chi connectivity index (χ1n) is 6.42. The maximum atomic E-state index is 6.33. The topological polar surface area (TPSA) is 24.9 Å². The SMILES string of the molecule is Clc1cccc(Sc2ccccn2)c1CNC1CC1. The van der Waals surface area contributed by atoms with Crippen LogP contribution < -0.4 is 5.32 Å². The second kappa shape index (κ2) is 5.95. The number of pyridine rings is 1. The van der Waals surface area contributed by atoms with Crippen molar-refractivity contribution in [2.24, 2.45) is 0 Å². The molecule has 1 N–H and O–H groups in total. The molecule has 0 radical (unpaired) electrons. The normalized spacial score (nSPS) is 14.6. The molecule has 2 aromatic rings. The zero-order valence-corrected chi connectivity index (χ0v) is 12.0. The summed E-state index contributed by atoms with van der Waals surface area (Å²) < 4.78 is 0. The van der Waals surface area contributed by atoms with Gasteiger partial charge in [0.1, 0.15) is 5.03 Å². The maximum Gasteiger partial charge on any atom is 0.101 e. The molecule has 1 aliphatic carbocycles. The summed E-state index contributed by atoms with van der Waals surface area (Å²) >= 11 is 7.99. The van der Waals surface area contributed by atoms with Gasteiger partial charge in [-0.25, -0.2) is 4.98 Å². The van der Waals surface area contributed by atoms with Crippen LogP contribution in [0, 0.1) is 0 Å². The van der Waals surface area contributed by atoms with Crippen LogP contribution in [-0.4, -0.2) is 11.0 Å². The van der Waals surface area contributed by atoms with Crippen molar-refractivity contribution in [3.63, 3.8) is 0 Å². The monoisotopic (exact) mass is 290 g/mol. The second-order valence-electron chi connectivity index (χ2n) is 4.64. The third-order valence-corrected chi connectivity index (χ3v) is 4.48. The zero-order chi connectivity index (χ0) is 13.1. The predicted octanol–water partition coefficient (Wildman–Crippen LogP) is 4.14. The van der Waals surface area contributed by atoms with Gasteiger partial charge >= 0.3 is 0 Å². The van der Waals surface area contributed by atoms with Crippen LogP contribution in [0.25, 0.3) is 0 Å². The highest BCUT2D eigenvalue weighted by atomic mass is 35.5. The molecular formula is C15H15ClN2S. The Morgan fingerprint density at radius 1 is 1.21 bits per heavy atom. The molecule has 0 bridgehead atoms. The van der Waals surface area contributed by atoms with Gasteiger partial charge in [0.25, 0.3) is 0 Å². The highest BCUT2D eigenvalue weighted by molar-refractivity contribution is 7.99. The van der Waals surface area contributed by atoms with Crippen LogP contribution in [0.1, 0.15) is 18.4 Å². The summed E-state index contributed by atoms with van der Waals surface area (Å²) in [7, 11) is 0. The number of rotatable bonds is 5. The van der Waals surface area contributed by atoms with Crippen LogP contribution in [0.15, 0.2) is 52.5 Å². The van der Waals surface area contributed by atoms with Crippen LogP contribution in [0.5, 0.6) is 0 Å². The third-order valence-electron chi connectivity index (χ3n) is 3.07. The first kappa shape index (κ1) is 13.0. The largest absolute Gasteiger partial charge is 0.310 e. The van der Waals surface area contributed by atoms with Crippen LogP contribution >= 0.6 is 23.4 Å². The van der Waals surface area contributed by atoms with Gasteiger partial charge in [0.05, 0.1) is 0 Å². The quantitative estimate of drug-likeness (QED) is 0.896. The van der Waals surface area contributed by atoms with Crippen molar-refractivity contribution < 1.29 is 0 Å². The Kier molecular flexibility index (Phi) is 4.06. The lowest BCUT2D eigenvalue weighted by atomic mass is 10.2. The van der Waals surface area contributed by atoms with Gasteiger partial charge in [0, 0.05) is 28.7 Å². The summed E-state index contributed by atoms with van der Waals surface area (Å²) in [6.45, 7) is 0.833. The Labute approximate surface area is 122 Å². The minimum absolute atomic E-state index is 0.684. The molecule has 0 unspecified atom stereocenters. The Balaban J connectivity index is 1.80. The third kappa shape index (κ3) is 3.50. The second-order valence-corrected chi connectivity index (χ2v) is 6.11. The van der Waals surface area contributed by atoms with Crippen LogP contribution in [0.2, 0.25) is 5.02 Å². The lowest BCUT2D eigenvalue weighted by Crippen LogP contribution is -2.16. The lowest BCUT2D eigenvalue weighted by Gasteiger charge is -2.11. The molecule has 0 saturated heterocycles. The molecule has 1 aromatic carbocycles. The molecule has 0 aliphatic heterocycles. The van der Waals surface area contributed by atoms with Gasteiger partial charge in [-0.2, -0.15) is 0 Å². The highest BCUT2D eigenvalue weighted by Crippen LogP contribution is 2.33. The Morgan fingerprint density at radius 3 is 2.84 bits per heavy atom. The van der Waals surface area contributed by atoms with Gasteiger partial charge in [-0.05, 0) is 42.7 Å². The van der Waals surface area contributed by atoms with E-state index < -0.39 is 0 Å². The van der Waals surface area contributed by atoms with Crippen molar-refractivity contribution >= 4 is 23.4 Å². The standard InChI is InChI=1S/C15H15ClN2S/c16-13-4-3-5-14(12(13)10-18-11-7-8-11)19-15-6-1-2-9-17-15/h1-6,9,11,18H,7-8,10H2. The van der Waals surface area contributed by atoms with E-state index in [1.807, 2.05) is 36.5 Å². The number of nitrogens with zero attached hydrogens (tertiary/aromatic N) is 1. The highest BCUT2D eigenvalue weighted by Gasteiger charge is 2.21. The van der Waals surface area contributed by atoms with Crippen molar-refractivity contribution in [1.82, 2.24) is 10.3 Å². The molecule has 0 atom stereocenters. The van der Waals surface area contributed by atoms with Gasteiger partial charge in [-0.1, -0.05) is 35.5 Å². The van der Waals surface area contributed by atoms with Crippen molar-refractivity contribution in [3.8, 4) is 0 Å². The first-order valence-corrected chi connectivity index (χ1v) is 7.62. The van der Waals surface area contributed by atoms with Gasteiger partial charge in [0.15, 0.2) is 0 Å². The number of hydrogen-bond acceptors (Lipinski definition) is 3. The fraction of sp³-hybridized carbons (Fsp3) is 0.267. The van der Waals surface area contributed by atoms with Gasteiger partial charge in [-0.3, -0.25) is 0 Å². The fourth-order valence-electron chi connectivity index (χ4n) is 1.86. The minimum atomic E-state index is 0.684. The first-order chi connectivity index (χ1) is 9.33. The number of aromatic nitrogens is 1. The van der Waals surface area contributed by atoms with E-state index in [1.165, 1.54) is 23.3 Å². The Hall–Kier alpha value is -1.03. The van der Waals surface area contributed by atoms with E-state index in [9.17, 15) is 0 Å². The fourth-order valence-corrected chi connectivity index (χ4v) is 3.09. The van der Waals surface area contributed by atoms with E-state index in [0.717, 1.165) is 16.6 Å². The smallest absolute Gasteiger partial charge is 0.101 e. The van der Waals surface area contributed by atoms with Crippen LogP contribution in [0.4, 0.5) is 0 Å². The molecule has 4 heteroatoms. The average molecular weight is 291 g/mol. The zero-order valence-electron chi connectivity index (χ0n) is 10.5. The Bertz CT molecular complexity index is 555. The Morgan fingerprint density at radius 2 is 2.11 bits per heavy atom. The summed E-state index contributed by atoms with van der Waals surface area (Å²) in [4.78, 5) is 5.53. The molecule has 1 fully saturated rings. The summed E-state index contributed by atoms with van der Waals surface area (Å²) in [5, 5.41) is 5.35. The van der Waals surface area contributed by atoms with E-state index in [2.05, 4.69) is 16.4 Å². The molecule has 1 aliphatic rings. The van der Waals surface area contributed by atoms with E-state index in [1.54, 1.807) is 11.8 Å². The van der Waals surface area contributed by atoms with Crippen LogP contribution in [-0.2, 0) is 6.54 Å². The molecule has 0 spiro atoms. The predicted molar refractivity (Wildman–Crippen MR) is 79.7 cm³/mol. The summed E-state index contributed by atoms with van der Waals surface area (Å²) in [6, 6.07) is 12.7. The summed E-state index contributed by atoms with van der Waals surface area (Å²) in [5.74, 6) is 0. The van der Waals surface area contributed by atoms with E-state index >= 15 is 0 Å². The summed E-state index contributed by atoms with van der Waals surface area (Å²) in [5.41, 5.74) is 1.17. The number of nitrogens with one attached hydrogen (secondary N) is 1. The molecule has 0 amide bonds. The summed E-state index contributed by atoms with van der Waals surface area (Å²) in [6.07, 6.45) is 4.38. The van der Waals surface area contributed by atoms with E-state index in [-0.39, 0.29) is 0 Å². The van der Waals surface area contributed by atoms with Crippen molar-refractivity contribution in [1.29, 1.82) is 0 Å². The molecule has 2 nitrogen and oxygen atoms in total. The van der Waals surface area contributed by atoms with Gasteiger partial charge < -0.3 is 5.32 Å². The minimum Gasteiger partial charge on any atom is -0.310 e.